The molecule has 0 aliphatic heterocycles. The molecule has 1 aromatic carbocycles. The van der Waals surface area contributed by atoms with Gasteiger partial charge < -0.3 is 10.6 Å². The van der Waals surface area contributed by atoms with E-state index >= 15 is 0 Å². The second kappa shape index (κ2) is 5.64. The fourth-order valence-electron chi connectivity index (χ4n) is 1.78. The Labute approximate surface area is 112 Å². The number of thiocarbonyl (C=S) groups is 1. The van der Waals surface area contributed by atoms with Crippen molar-refractivity contribution in [3.05, 3.63) is 47.3 Å². The summed E-state index contributed by atoms with van der Waals surface area (Å²) in [7, 11) is 0. The van der Waals surface area contributed by atoms with E-state index in [2.05, 4.69) is 52.9 Å². The topological polar surface area (TPSA) is 52.7 Å². The van der Waals surface area contributed by atoms with Crippen molar-refractivity contribution in [2.45, 2.75) is 20.4 Å². The number of benzene rings is 1. The van der Waals surface area contributed by atoms with Gasteiger partial charge in [0.25, 0.3) is 0 Å². The summed E-state index contributed by atoms with van der Waals surface area (Å²) in [5.41, 5.74) is 4.44. The molecule has 0 radical (unpaired) electrons. The predicted octanol–water partition coefficient (Wildman–Crippen LogP) is 2.51. The van der Waals surface area contributed by atoms with Crippen molar-refractivity contribution in [2.75, 3.05) is 5.32 Å². The van der Waals surface area contributed by atoms with Crippen LogP contribution in [0.15, 0.2) is 30.5 Å². The number of rotatable bonds is 3. The average Bonchev–Trinajstić information content (AvgIpc) is 2.77. The van der Waals surface area contributed by atoms with Gasteiger partial charge in [-0.15, -0.1) is 0 Å². The highest BCUT2D eigenvalue weighted by Gasteiger charge is 2.00. The first-order valence-electron chi connectivity index (χ1n) is 5.75. The number of aromatic amines is 1. The number of aryl methyl sites for hydroxylation is 2. The van der Waals surface area contributed by atoms with Crippen molar-refractivity contribution < 1.29 is 0 Å². The molecule has 4 nitrogen and oxygen atoms in total. The van der Waals surface area contributed by atoms with Gasteiger partial charge in [0.15, 0.2) is 5.11 Å². The molecule has 0 amide bonds. The lowest BCUT2D eigenvalue weighted by Gasteiger charge is -2.11. The van der Waals surface area contributed by atoms with Gasteiger partial charge in [-0.3, -0.25) is 5.10 Å². The highest BCUT2D eigenvalue weighted by Crippen LogP contribution is 2.13. The number of nitrogens with zero attached hydrogens (tertiary/aromatic N) is 1. The molecule has 1 aromatic heterocycles. The van der Waals surface area contributed by atoms with Gasteiger partial charge in [-0.05, 0) is 55.4 Å². The fraction of sp³-hybridized carbons (Fsp3) is 0.231. The molecule has 5 heteroatoms. The standard InChI is InChI=1S/C13H16N4S/c1-9-5-10(2)7-12(6-9)16-13(18)14-8-11-3-4-15-17-11/h3-7H,8H2,1-2H3,(H,15,17)(H2,14,16,18). The quantitative estimate of drug-likeness (QED) is 0.742. The zero-order valence-electron chi connectivity index (χ0n) is 10.4. The second-order valence-electron chi connectivity index (χ2n) is 4.27. The Morgan fingerprint density at radius 2 is 2.00 bits per heavy atom. The first-order valence-corrected chi connectivity index (χ1v) is 6.16. The Morgan fingerprint density at radius 3 is 2.61 bits per heavy atom. The van der Waals surface area contributed by atoms with E-state index in [1.807, 2.05) is 6.07 Å². The van der Waals surface area contributed by atoms with Crippen LogP contribution in [0.1, 0.15) is 16.8 Å². The van der Waals surface area contributed by atoms with Crippen LogP contribution in [-0.2, 0) is 6.54 Å². The molecular formula is C13H16N4S. The van der Waals surface area contributed by atoms with Gasteiger partial charge in [0.05, 0.1) is 12.2 Å². The van der Waals surface area contributed by atoms with E-state index in [-0.39, 0.29) is 0 Å². The van der Waals surface area contributed by atoms with Gasteiger partial charge in [-0.2, -0.15) is 5.10 Å². The largest absolute Gasteiger partial charge is 0.357 e. The summed E-state index contributed by atoms with van der Waals surface area (Å²) in [4.78, 5) is 0. The highest BCUT2D eigenvalue weighted by atomic mass is 32.1. The zero-order chi connectivity index (χ0) is 13.0. The van der Waals surface area contributed by atoms with Crippen LogP contribution in [0, 0.1) is 13.8 Å². The Morgan fingerprint density at radius 1 is 1.28 bits per heavy atom. The van der Waals surface area contributed by atoms with E-state index < -0.39 is 0 Å². The van der Waals surface area contributed by atoms with Gasteiger partial charge in [-0.1, -0.05) is 6.07 Å². The number of anilines is 1. The molecule has 94 valence electrons. The van der Waals surface area contributed by atoms with Crippen molar-refractivity contribution in [1.82, 2.24) is 15.5 Å². The lowest BCUT2D eigenvalue weighted by atomic mass is 10.1. The maximum Gasteiger partial charge on any atom is 0.171 e. The molecule has 0 spiro atoms. The monoisotopic (exact) mass is 260 g/mol. The minimum absolute atomic E-state index is 0.606. The summed E-state index contributed by atoms with van der Waals surface area (Å²) in [6, 6.07) is 8.17. The molecule has 0 fully saturated rings. The van der Waals surface area contributed by atoms with E-state index in [0.29, 0.717) is 11.7 Å². The molecule has 2 rings (SSSR count). The summed E-state index contributed by atoms with van der Waals surface area (Å²) in [5.74, 6) is 0. The fourth-order valence-corrected chi connectivity index (χ4v) is 1.97. The molecular weight excluding hydrogens is 244 g/mol. The van der Waals surface area contributed by atoms with Crippen molar-refractivity contribution in [2.24, 2.45) is 0 Å². The first-order chi connectivity index (χ1) is 8.63. The normalized spacial score (nSPS) is 10.1. The van der Waals surface area contributed by atoms with Crippen LogP contribution in [0.2, 0.25) is 0 Å². The van der Waals surface area contributed by atoms with Gasteiger partial charge in [0.2, 0.25) is 0 Å². The SMILES string of the molecule is Cc1cc(C)cc(NC(=S)NCc2ccn[nH]2)c1. The number of hydrogen-bond donors (Lipinski definition) is 3. The number of aromatic nitrogens is 2. The average molecular weight is 260 g/mol. The predicted molar refractivity (Wildman–Crippen MR) is 77.6 cm³/mol. The zero-order valence-corrected chi connectivity index (χ0v) is 11.3. The smallest absolute Gasteiger partial charge is 0.171 e. The Bertz CT molecular complexity index is 514. The van der Waals surface area contributed by atoms with E-state index in [1.54, 1.807) is 6.20 Å². The lowest BCUT2D eigenvalue weighted by molar-refractivity contribution is 0.865. The van der Waals surface area contributed by atoms with E-state index in [0.717, 1.165) is 11.4 Å². The van der Waals surface area contributed by atoms with E-state index in [4.69, 9.17) is 12.2 Å². The van der Waals surface area contributed by atoms with Crippen LogP contribution < -0.4 is 10.6 Å². The minimum atomic E-state index is 0.606. The molecule has 0 unspecified atom stereocenters. The Kier molecular flexibility index (Phi) is 3.94. The third-order valence-corrected chi connectivity index (χ3v) is 2.72. The van der Waals surface area contributed by atoms with Crippen molar-refractivity contribution in [1.29, 1.82) is 0 Å². The molecule has 2 aromatic rings. The van der Waals surface area contributed by atoms with Crippen LogP contribution in [-0.4, -0.2) is 15.3 Å². The number of H-pyrrole nitrogens is 1. The molecule has 0 saturated carbocycles. The highest BCUT2D eigenvalue weighted by molar-refractivity contribution is 7.80. The molecule has 0 aliphatic carbocycles. The van der Waals surface area contributed by atoms with Gasteiger partial charge in [0, 0.05) is 11.9 Å². The molecule has 18 heavy (non-hydrogen) atoms. The summed E-state index contributed by atoms with van der Waals surface area (Å²) in [6.45, 7) is 4.77. The van der Waals surface area contributed by atoms with Crippen LogP contribution in [0.5, 0.6) is 0 Å². The Balaban J connectivity index is 1.90. The molecule has 0 aliphatic rings. The van der Waals surface area contributed by atoms with Crippen LogP contribution in [0.25, 0.3) is 0 Å². The number of hydrogen-bond acceptors (Lipinski definition) is 2. The van der Waals surface area contributed by atoms with E-state index in [1.165, 1.54) is 11.1 Å². The van der Waals surface area contributed by atoms with Crippen molar-refractivity contribution in [3.63, 3.8) is 0 Å². The first kappa shape index (κ1) is 12.6. The Hall–Kier alpha value is -1.88. The van der Waals surface area contributed by atoms with Gasteiger partial charge >= 0.3 is 0 Å². The van der Waals surface area contributed by atoms with Gasteiger partial charge in [0.1, 0.15) is 0 Å². The third kappa shape index (κ3) is 3.56. The van der Waals surface area contributed by atoms with E-state index in [9.17, 15) is 0 Å². The molecule has 0 atom stereocenters. The summed E-state index contributed by atoms with van der Waals surface area (Å²) in [5, 5.41) is 13.7. The van der Waals surface area contributed by atoms with Crippen molar-refractivity contribution >= 4 is 23.0 Å². The third-order valence-electron chi connectivity index (χ3n) is 2.48. The maximum atomic E-state index is 5.24. The summed E-state index contributed by atoms with van der Waals surface area (Å²) >= 11 is 5.24. The number of nitrogens with one attached hydrogen (secondary N) is 3. The lowest BCUT2D eigenvalue weighted by Crippen LogP contribution is -2.28. The second-order valence-corrected chi connectivity index (χ2v) is 4.67. The summed E-state index contributed by atoms with van der Waals surface area (Å²) in [6.07, 6.45) is 1.72. The molecule has 0 saturated heterocycles. The van der Waals surface area contributed by atoms with Gasteiger partial charge in [-0.25, -0.2) is 0 Å². The van der Waals surface area contributed by atoms with Crippen LogP contribution in [0.3, 0.4) is 0 Å². The van der Waals surface area contributed by atoms with Crippen LogP contribution in [0.4, 0.5) is 5.69 Å². The molecule has 0 bridgehead atoms. The van der Waals surface area contributed by atoms with Crippen molar-refractivity contribution in [3.8, 4) is 0 Å². The minimum Gasteiger partial charge on any atom is -0.357 e. The molecule has 3 N–H and O–H groups in total. The molecule has 1 heterocycles. The summed E-state index contributed by atoms with van der Waals surface area (Å²) < 4.78 is 0. The maximum absolute atomic E-state index is 5.24. The van der Waals surface area contributed by atoms with Crippen LogP contribution >= 0.6 is 12.2 Å².